The summed E-state index contributed by atoms with van der Waals surface area (Å²) < 4.78 is 16.7. The van der Waals surface area contributed by atoms with Crippen molar-refractivity contribution >= 4 is 17.9 Å². The van der Waals surface area contributed by atoms with Crippen molar-refractivity contribution in [3.8, 4) is 0 Å². The van der Waals surface area contributed by atoms with Gasteiger partial charge >= 0.3 is 17.9 Å². The Morgan fingerprint density at radius 3 is 1.17 bits per heavy atom. The minimum Gasteiger partial charge on any atom is -0.462 e. The van der Waals surface area contributed by atoms with Gasteiger partial charge in [-0.2, -0.15) is 0 Å². The molecule has 0 fully saturated rings. The standard InChI is InChI=1S/C53H90O6/c1-4-7-10-13-16-19-22-25-28-31-34-37-40-43-46-52(55)58-49-50(48-57-51(54)45-42-39-36-33-30-27-24-21-18-15-12-9-6-3)59-53(56)47-44-41-38-35-32-29-26-23-20-17-14-11-8-5-2/h7,10,16,19,25,27-30,32,36,39,50H,4-6,8-9,11-15,17-18,20-24,26,31,33-35,37-38,40-49H2,1-3H3/b10-7+,19-16+,28-25+,30-27+,32-29+,39-36+. The summed E-state index contributed by atoms with van der Waals surface area (Å²) >= 11 is 0. The summed E-state index contributed by atoms with van der Waals surface area (Å²) in [6.07, 6.45) is 59.0. The SMILES string of the molecule is CC/C=C/C/C=C/C/C=C/CCCCCCC(=O)OCC(COC(=O)CC/C=C/C/C=C/CCCCCCCC)OC(=O)CCCCC/C=C/CCCCCCCCC. The monoisotopic (exact) mass is 823 g/mol. The van der Waals surface area contributed by atoms with E-state index >= 15 is 0 Å². The number of hydrogen-bond acceptors (Lipinski definition) is 6. The van der Waals surface area contributed by atoms with Crippen LogP contribution in [0, 0.1) is 0 Å². The lowest BCUT2D eigenvalue weighted by molar-refractivity contribution is -0.166. The van der Waals surface area contributed by atoms with Gasteiger partial charge in [0.05, 0.1) is 0 Å². The summed E-state index contributed by atoms with van der Waals surface area (Å²) in [5.41, 5.74) is 0. The molecule has 0 N–H and O–H groups in total. The van der Waals surface area contributed by atoms with Crippen LogP contribution in [-0.2, 0) is 28.6 Å². The predicted molar refractivity (Wildman–Crippen MR) is 251 cm³/mol. The zero-order valence-electron chi connectivity index (χ0n) is 38.5. The van der Waals surface area contributed by atoms with E-state index in [9.17, 15) is 14.4 Å². The predicted octanol–water partition coefficient (Wildman–Crippen LogP) is 15.9. The number of rotatable bonds is 43. The molecule has 0 aliphatic heterocycles. The largest absolute Gasteiger partial charge is 0.462 e. The summed E-state index contributed by atoms with van der Waals surface area (Å²) in [7, 11) is 0. The molecule has 0 aromatic carbocycles. The van der Waals surface area contributed by atoms with Crippen molar-refractivity contribution in [2.45, 2.75) is 232 Å². The topological polar surface area (TPSA) is 78.9 Å². The maximum absolute atomic E-state index is 12.7. The Kier molecular flexibility index (Phi) is 45.0. The lowest BCUT2D eigenvalue weighted by Crippen LogP contribution is -2.30. The third-order valence-corrected chi connectivity index (χ3v) is 10.2. The van der Waals surface area contributed by atoms with Crippen molar-refractivity contribution in [1.82, 2.24) is 0 Å². The van der Waals surface area contributed by atoms with E-state index in [2.05, 4.69) is 87.6 Å². The van der Waals surface area contributed by atoms with E-state index in [1.807, 2.05) is 6.08 Å². The van der Waals surface area contributed by atoms with Gasteiger partial charge in [-0.05, 0) is 96.3 Å². The molecule has 0 aromatic rings. The van der Waals surface area contributed by atoms with Crippen LogP contribution < -0.4 is 0 Å². The van der Waals surface area contributed by atoms with Gasteiger partial charge in [-0.1, -0.05) is 184 Å². The second-order valence-corrected chi connectivity index (χ2v) is 16.0. The van der Waals surface area contributed by atoms with Gasteiger partial charge in [0.25, 0.3) is 0 Å². The second-order valence-electron chi connectivity index (χ2n) is 16.0. The Labute approximate surface area is 363 Å². The van der Waals surface area contributed by atoms with E-state index in [4.69, 9.17) is 14.2 Å². The van der Waals surface area contributed by atoms with E-state index < -0.39 is 6.10 Å². The molecule has 0 rings (SSSR count). The molecule has 59 heavy (non-hydrogen) atoms. The summed E-state index contributed by atoms with van der Waals surface area (Å²) in [5, 5.41) is 0. The number of carbonyl (C=O) groups excluding carboxylic acids is 3. The molecule has 0 aliphatic rings. The molecule has 1 unspecified atom stereocenters. The van der Waals surface area contributed by atoms with Crippen LogP contribution in [-0.4, -0.2) is 37.2 Å². The van der Waals surface area contributed by atoms with Crippen LogP contribution in [0.5, 0.6) is 0 Å². The van der Waals surface area contributed by atoms with Crippen LogP contribution in [0.25, 0.3) is 0 Å². The summed E-state index contributed by atoms with van der Waals surface area (Å²) in [5.74, 6) is -1.02. The van der Waals surface area contributed by atoms with E-state index in [-0.39, 0.29) is 37.5 Å². The van der Waals surface area contributed by atoms with E-state index in [0.717, 1.165) is 96.3 Å². The average molecular weight is 823 g/mol. The van der Waals surface area contributed by atoms with Crippen molar-refractivity contribution < 1.29 is 28.6 Å². The molecule has 338 valence electrons. The Hall–Kier alpha value is -3.15. The van der Waals surface area contributed by atoms with Gasteiger partial charge in [-0.15, -0.1) is 0 Å². The van der Waals surface area contributed by atoms with E-state index in [1.165, 1.54) is 83.5 Å². The smallest absolute Gasteiger partial charge is 0.306 e. The van der Waals surface area contributed by atoms with Crippen molar-refractivity contribution in [3.63, 3.8) is 0 Å². The summed E-state index contributed by atoms with van der Waals surface area (Å²) in [6, 6.07) is 0. The number of ether oxygens (including phenoxy) is 3. The summed E-state index contributed by atoms with van der Waals surface area (Å²) in [6.45, 7) is 6.42. The van der Waals surface area contributed by atoms with Crippen LogP contribution in [0.1, 0.15) is 226 Å². The average Bonchev–Trinajstić information content (AvgIpc) is 3.23. The molecule has 6 nitrogen and oxygen atoms in total. The van der Waals surface area contributed by atoms with E-state index in [1.54, 1.807) is 0 Å². The molecule has 0 radical (unpaired) electrons. The van der Waals surface area contributed by atoms with Gasteiger partial charge in [-0.25, -0.2) is 0 Å². The zero-order valence-corrected chi connectivity index (χ0v) is 38.5. The zero-order chi connectivity index (χ0) is 43.0. The normalized spacial score (nSPS) is 12.7. The molecular formula is C53H90O6. The van der Waals surface area contributed by atoms with Crippen molar-refractivity contribution in [1.29, 1.82) is 0 Å². The first-order chi connectivity index (χ1) is 29.0. The van der Waals surface area contributed by atoms with Gasteiger partial charge in [-0.3, -0.25) is 14.4 Å². The van der Waals surface area contributed by atoms with Gasteiger partial charge in [0.1, 0.15) is 13.2 Å². The van der Waals surface area contributed by atoms with Gasteiger partial charge in [0.15, 0.2) is 6.10 Å². The first kappa shape index (κ1) is 55.9. The number of unbranched alkanes of at least 4 members (excludes halogenated alkanes) is 20. The number of esters is 3. The molecule has 0 saturated heterocycles. The molecule has 0 saturated carbocycles. The Balaban J connectivity index is 4.51. The lowest BCUT2D eigenvalue weighted by Gasteiger charge is -2.18. The first-order valence-electron chi connectivity index (χ1n) is 24.4. The second kappa shape index (κ2) is 47.5. The molecule has 0 amide bonds. The number of carbonyl (C=O) groups is 3. The van der Waals surface area contributed by atoms with Gasteiger partial charge in [0.2, 0.25) is 0 Å². The summed E-state index contributed by atoms with van der Waals surface area (Å²) in [4.78, 5) is 37.8. The quantitative estimate of drug-likeness (QED) is 0.0264. The fraction of sp³-hybridized carbons (Fsp3) is 0.717. The molecule has 0 spiro atoms. The molecule has 0 aliphatic carbocycles. The van der Waals surface area contributed by atoms with Crippen LogP contribution >= 0.6 is 0 Å². The van der Waals surface area contributed by atoms with Gasteiger partial charge in [0, 0.05) is 19.3 Å². The maximum Gasteiger partial charge on any atom is 0.306 e. The Bertz CT molecular complexity index is 1130. The minimum absolute atomic E-state index is 0.111. The Morgan fingerprint density at radius 1 is 0.356 bits per heavy atom. The molecule has 0 bridgehead atoms. The first-order valence-corrected chi connectivity index (χ1v) is 24.4. The third-order valence-electron chi connectivity index (χ3n) is 10.2. The lowest BCUT2D eigenvalue weighted by atomic mass is 10.1. The third kappa shape index (κ3) is 45.8. The van der Waals surface area contributed by atoms with Crippen molar-refractivity contribution in [2.24, 2.45) is 0 Å². The highest BCUT2D eigenvalue weighted by molar-refractivity contribution is 5.71. The van der Waals surface area contributed by atoms with Crippen molar-refractivity contribution in [2.75, 3.05) is 13.2 Å². The highest BCUT2D eigenvalue weighted by Crippen LogP contribution is 2.12. The molecule has 0 heterocycles. The van der Waals surface area contributed by atoms with Crippen LogP contribution in [0.3, 0.4) is 0 Å². The highest BCUT2D eigenvalue weighted by atomic mass is 16.6. The van der Waals surface area contributed by atoms with Crippen LogP contribution in [0.2, 0.25) is 0 Å². The molecule has 6 heteroatoms. The fourth-order valence-electron chi connectivity index (χ4n) is 6.50. The van der Waals surface area contributed by atoms with Crippen molar-refractivity contribution in [3.05, 3.63) is 72.9 Å². The maximum atomic E-state index is 12.7. The molecular weight excluding hydrogens is 733 g/mol. The van der Waals surface area contributed by atoms with Crippen LogP contribution in [0.15, 0.2) is 72.9 Å². The number of allylic oxidation sites excluding steroid dienone is 12. The highest BCUT2D eigenvalue weighted by Gasteiger charge is 2.19. The minimum atomic E-state index is -0.813. The molecule has 1 atom stereocenters. The van der Waals surface area contributed by atoms with E-state index in [0.29, 0.717) is 19.3 Å². The van der Waals surface area contributed by atoms with Gasteiger partial charge < -0.3 is 14.2 Å². The number of hydrogen-bond donors (Lipinski definition) is 0. The van der Waals surface area contributed by atoms with Crippen LogP contribution in [0.4, 0.5) is 0 Å². The fourth-order valence-corrected chi connectivity index (χ4v) is 6.50. The molecule has 0 aromatic heterocycles. The Morgan fingerprint density at radius 2 is 0.695 bits per heavy atom.